The van der Waals surface area contributed by atoms with Crippen molar-refractivity contribution in [2.75, 3.05) is 0 Å². The first-order valence-corrected chi connectivity index (χ1v) is 14.2. The second kappa shape index (κ2) is 8.20. The van der Waals surface area contributed by atoms with Crippen LogP contribution in [-0.4, -0.2) is 0 Å². The van der Waals surface area contributed by atoms with Crippen molar-refractivity contribution in [3.63, 3.8) is 0 Å². The van der Waals surface area contributed by atoms with Crippen LogP contribution in [0.5, 0.6) is 0 Å². The molecule has 194 valence electrons. The van der Waals surface area contributed by atoms with Crippen molar-refractivity contribution in [1.82, 2.24) is 0 Å². The van der Waals surface area contributed by atoms with E-state index in [0.717, 1.165) is 31.3 Å². The van der Waals surface area contributed by atoms with E-state index in [9.17, 15) is 0 Å². The quantitative estimate of drug-likeness (QED) is 0.395. The first kappa shape index (κ1) is 26.0. The van der Waals surface area contributed by atoms with Gasteiger partial charge in [0.2, 0.25) is 0 Å². The summed E-state index contributed by atoms with van der Waals surface area (Å²) in [6.45, 7) is 35.4. The summed E-state index contributed by atoms with van der Waals surface area (Å²) in [6.07, 6.45) is 11.1. The average Bonchev–Trinajstić information content (AvgIpc) is 3.30. The molecule has 0 heterocycles. The number of allylic oxidation sites excluding steroid dienone is 11. The lowest BCUT2D eigenvalue weighted by Gasteiger charge is -2.62. The summed E-state index contributed by atoms with van der Waals surface area (Å²) in [6, 6.07) is 2.51. The van der Waals surface area contributed by atoms with Crippen LogP contribution in [0.2, 0.25) is 0 Å². The second-order valence-electron chi connectivity index (χ2n) is 13.6. The third kappa shape index (κ3) is 3.33. The summed E-state index contributed by atoms with van der Waals surface area (Å²) in [5.41, 5.74) is 18.2. The average molecular weight is 491 g/mol. The van der Waals surface area contributed by atoms with Gasteiger partial charge in [0, 0.05) is 5.41 Å². The number of hydrogen-bond acceptors (Lipinski definition) is 0. The zero-order valence-electron chi connectivity index (χ0n) is 24.8. The van der Waals surface area contributed by atoms with Crippen molar-refractivity contribution >= 4 is 11.1 Å². The predicted molar refractivity (Wildman–Crippen MR) is 163 cm³/mol. The van der Waals surface area contributed by atoms with Gasteiger partial charge in [-0.1, -0.05) is 95.4 Å². The number of hydrogen-bond donors (Lipinski definition) is 0. The van der Waals surface area contributed by atoms with Crippen molar-refractivity contribution in [1.29, 1.82) is 0 Å². The Hall–Kier alpha value is -2.60. The van der Waals surface area contributed by atoms with Gasteiger partial charge in [0.15, 0.2) is 0 Å². The Morgan fingerprint density at radius 3 is 2.27 bits per heavy atom. The fourth-order valence-electron chi connectivity index (χ4n) is 9.12. The van der Waals surface area contributed by atoms with Gasteiger partial charge in [-0.3, -0.25) is 0 Å². The highest BCUT2D eigenvalue weighted by Gasteiger charge is 2.59. The van der Waals surface area contributed by atoms with Crippen LogP contribution in [0.3, 0.4) is 0 Å². The van der Waals surface area contributed by atoms with Crippen LogP contribution in [0.4, 0.5) is 0 Å². The first-order valence-electron chi connectivity index (χ1n) is 14.2. The Kier molecular flexibility index (Phi) is 5.77. The molecule has 0 fully saturated rings. The molecule has 0 saturated carbocycles. The van der Waals surface area contributed by atoms with E-state index in [1.165, 1.54) is 61.3 Å². The monoisotopic (exact) mass is 490 g/mol. The Labute approximate surface area is 226 Å². The standard InChI is InChI=1S/C37H46/c1-21(2)29-17-30(28-15-13-14-16-28)24(6)33-25(7)34-27(9)37(12)26(8)32(22(3)4)23(5)18-36(37,11)20-35(34,10)19-31(29)33/h13-15,17,21H,3,7-8,16,18-20H2,1-2,4-6,9-12H3/t35-,36+,37-/m1/s1. The van der Waals surface area contributed by atoms with E-state index in [1.807, 2.05) is 0 Å². The smallest absolute Gasteiger partial charge is 0.0194 e. The Morgan fingerprint density at radius 2 is 1.70 bits per heavy atom. The zero-order chi connectivity index (χ0) is 27.2. The van der Waals surface area contributed by atoms with Gasteiger partial charge in [0.25, 0.3) is 0 Å². The lowest BCUT2D eigenvalue weighted by Crippen LogP contribution is -2.52. The molecule has 0 N–H and O–H groups in total. The van der Waals surface area contributed by atoms with Crippen LogP contribution in [0.15, 0.2) is 77.5 Å². The maximum absolute atomic E-state index is 4.90. The Morgan fingerprint density at radius 1 is 1.03 bits per heavy atom. The minimum Gasteiger partial charge on any atom is -0.0955 e. The largest absolute Gasteiger partial charge is 0.0955 e. The normalized spacial score (nSPS) is 31.0. The van der Waals surface area contributed by atoms with Crippen molar-refractivity contribution in [2.45, 2.75) is 93.9 Å². The first-order chi connectivity index (χ1) is 17.2. The SMILES string of the molecule is C=C(C)C1=C(C)C[C@@]2(C)C[C@@]3(C)Cc4c(C(C)C)cc(C5=CC=CC5)c(C)c4C(=C)C3=C(C)[C@@]2(C)C1=C. The molecule has 0 radical (unpaired) electrons. The molecule has 0 aromatic heterocycles. The molecule has 5 rings (SSSR count). The molecule has 37 heavy (non-hydrogen) atoms. The minimum atomic E-state index is -0.111. The molecular weight excluding hydrogens is 444 g/mol. The van der Waals surface area contributed by atoms with Crippen molar-refractivity contribution in [3.8, 4) is 0 Å². The second-order valence-corrected chi connectivity index (χ2v) is 13.6. The van der Waals surface area contributed by atoms with E-state index in [0.29, 0.717) is 5.92 Å². The van der Waals surface area contributed by atoms with Crippen LogP contribution in [0.1, 0.15) is 108 Å². The molecule has 1 aromatic carbocycles. The fourth-order valence-corrected chi connectivity index (χ4v) is 9.12. The highest BCUT2D eigenvalue weighted by atomic mass is 14.6. The predicted octanol–water partition coefficient (Wildman–Crippen LogP) is 10.6. The Balaban J connectivity index is 1.79. The van der Waals surface area contributed by atoms with E-state index in [2.05, 4.69) is 93.2 Å². The topological polar surface area (TPSA) is 0 Å². The summed E-state index contributed by atoms with van der Waals surface area (Å²) >= 11 is 0. The third-order valence-corrected chi connectivity index (χ3v) is 10.8. The van der Waals surface area contributed by atoms with E-state index >= 15 is 0 Å². The molecule has 0 aliphatic heterocycles. The summed E-state index contributed by atoms with van der Waals surface area (Å²) in [5.74, 6) is 0.480. The molecule has 0 nitrogen and oxygen atoms in total. The molecule has 0 saturated heterocycles. The highest BCUT2D eigenvalue weighted by molar-refractivity contribution is 5.90. The van der Waals surface area contributed by atoms with Crippen molar-refractivity contribution < 1.29 is 0 Å². The molecular formula is C37H46. The number of fused-ring (bicyclic) bond motifs is 3. The molecule has 3 atom stereocenters. The zero-order valence-corrected chi connectivity index (χ0v) is 24.8. The maximum atomic E-state index is 4.90. The van der Waals surface area contributed by atoms with Gasteiger partial charge in [-0.15, -0.1) is 0 Å². The molecule has 4 aliphatic carbocycles. The van der Waals surface area contributed by atoms with Gasteiger partial charge in [-0.2, -0.15) is 0 Å². The van der Waals surface area contributed by atoms with Crippen LogP contribution >= 0.6 is 0 Å². The maximum Gasteiger partial charge on any atom is 0.0194 e. The lowest BCUT2D eigenvalue weighted by molar-refractivity contribution is 0.0543. The third-order valence-electron chi connectivity index (χ3n) is 10.8. The van der Waals surface area contributed by atoms with Crippen molar-refractivity contribution in [2.24, 2.45) is 16.2 Å². The van der Waals surface area contributed by atoms with E-state index in [4.69, 9.17) is 13.2 Å². The summed E-state index contributed by atoms with van der Waals surface area (Å²) in [7, 11) is 0. The molecule has 0 unspecified atom stereocenters. The van der Waals surface area contributed by atoms with Crippen molar-refractivity contribution in [3.05, 3.63) is 105 Å². The molecule has 0 spiro atoms. The number of benzene rings is 1. The van der Waals surface area contributed by atoms with Crippen LogP contribution < -0.4 is 0 Å². The summed E-state index contributed by atoms with van der Waals surface area (Å²) < 4.78 is 0. The van der Waals surface area contributed by atoms with Crippen LogP contribution in [0.25, 0.3) is 11.1 Å². The van der Waals surface area contributed by atoms with E-state index < -0.39 is 0 Å². The molecule has 1 aromatic rings. The van der Waals surface area contributed by atoms with Crippen LogP contribution in [-0.2, 0) is 6.42 Å². The minimum absolute atomic E-state index is 0.0650. The number of rotatable bonds is 3. The molecule has 4 aliphatic rings. The van der Waals surface area contributed by atoms with E-state index in [1.54, 1.807) is 5.56 Å². The Bertz CT molecular complexity index is 1410. The molecule has 0 amide bonds. The van der Waals surface area contributed by atoms with Gasteiger partial charge in [-0.05, 0) is 126 Å². The highest BCUT2D eigenvalue weighted by Crippen LogP contribution is 2.70. The van der Waals surface area contributed by atoms with Gasteiger partial charge in [0.1, 0.15) is 0 Å². The fraction of sp³-hybridized carbons (Fsp3) is 0.459. The van der Waals surface area contributed by atoms with Gasteiger partial charge >= 0.3 is 0 Å². The summed E-state index contributed by atoms with van der Waals surface area (Å²) in [4.78, 5) is 0. The van der Waals surface area contributed by atoms with Gasteiger partial charge < -0.3 is 0 Å². The molecule has 0 heteroatoms. The molecule has 0 bridgehead atoms. The van der Waals surface area contributed by atoms with Gasteiger partial charge in [-0.25, -0.2) is 0 Å². The lowest BCUT2D eigenvalue weighted by atomic mass is 9.41. The summed E-state index contributed by atoms with van der Waals surface area (Å²) in [5, 5.41) is 0. The van der Waals surface area contributed by atoms with Crippen LogP contribution in [0, 0.1) is 23.2 Å². The van der Waals surface area contributed by atoms with Gasteiger partial charge in [0.05, 0.1) is 0 Å². The van der Waals surface area contributed by atoms with E-state index in [-0.39, 0.29) is 16.2 Å².